The zero-order chi connectivity index (χ0) is 29.4. The van der Waals surface area contributed by atoms with Crippen molar-refractivity contribution in [3.05, 3.63) is 33.5 Å². The van der Waals surface area contributed by atoms with Crippen molar-refractivity contribution in [1.29, 1.82) is 0 Å². The maximum absolute atomic E-state index is 14.1. The van der Waals surface area contributed by atoms with Gasteiger partial charge in [0.15, 0.2) is 6.10 Å². The van der Waals surface area contributed by atoms with Gasteiger partial charge in [0, 0.05) is 47.3 Å². The molecule has 2 heterocycles. The van der Waals surface area contributed by atoms with Gasteiger partial charge >= 0.3 is 11.9 Å². The van der Waals surface area contributed by atoms with Crippen molar-refractivity contribution in [3.8, 4) is 0 Å². The molecule has 9 nitrogen and oxygen atoms in total. The van der Waals surface area contributed by atoms with Crippen LogP contribution in [0.25, 0.3) is 0 Å². The second-order valence-corrected chi connectivity index (χ2v) is 13.9. The molecule has 1 aromatic rings. The zero-order valence-electron chi connectivity index (χ0n) is 23.9. The molecule has 1 saturated heterocycles. The van der Waals surface area contributed by atoms with Gasteiger partial charge in [-0.1, -0.05) is 39.3 Å². The molecule has 2 saturated carbocycles. The summed E-state index contributed by atoms with van der Waals surface area (Å²) in [5, 5.41) is 37.3. The summed E-state index contributed by atoms with van der Waals surface area (Å²) < 4.78 is 17.4. The number of hydrogen-bond acceptors (Lipinski definition) is 10. The Kier molecular flexibility index (Phi) is 7.15. The normalized spacial score (nSPS) is 40.0. The van der Waals surface area contributed by atoms with Crippen LogP contribution in [0.3, 0.4) is 0 Å². The molecular formula is C30H40O9S. The molecule has 0 spiro atoms. The minimum atomic E-state index is -1.82. The van der Waals surface area contributed by atoms with E-state index in [4.69, 9.17) is 14.2 Å². The van der Waals surface area contributed by atoms with E-state index in [0.717, 1.165) is 4.88 Å². The Morgan fingerprint density at radius 3 is 2.48 bits per heavy atom. The predicted octanol–water partition coefficient (Wildman–Crippen LogP) is 3.05. The number of ketones is 1. The maximum Gasteiger partial charge on any atom is 0.336 e. The van der Waals surface area contributed by atoms with Crippen molar-refractivity contribution >= 4 is 29.1 Å². The molecule has 3 N–H and O–H groups in total. The van der Waals surface area contributed by atoms with Gasteiger partial charge in [0.25, 0.3) is 0 Å². The van der Waals surface area contributed by atoms with Crippen LogP contribution in [0.4, 0.5) is 0 Å². The van der Waals surface area contributed by atoms with E-state index in [2.05, 4.69) is 0 Å². The predicted molar refractivity (Wildman–Crippen MR) is 145 cm³/mol. The smallest absolute Gasteiger partial charge is 0.336 e. The molecule has 0 unspecified atom stereocenters. The summed E-state index contributed by atoms with van der Waals surface area (Å²) in [5.41, 5.74) is -4.20. The van der Waals surface area contributed by atoms with E-state index in [1.165, 1.54) is 18.3 Å². The lowest BCUT2D eigenvalue weighted by atomic mass is 9.46. The van der Waals surface area contributed by atoms with Gasteiger partial charge in [0.05, 0.1) is 12.7 Å². The van der Waals surface area contributed by atoms with Crippen LogP contribution in [-0.4, -0.2) is 75.3 Å². The number of rotatable bonds is 5. The Morgan fingerprint density at radius 2 is 1.90 bits per heavy atom. The SMILES string of the molecule is CC(=O)O[C@H]1[C@@H]2[C@]3(O)CO[C@@H]3CC[C@@]2(C)C(=O)CC2=C(C)[C@@H](OC(=O)[C@H](O)[C@@H](C)c3cccs3)C[C@]1(O)C2(C)C. The fourth-order valence-electron chi connectivity index (χ4n) is 7.75. The third-order valence-corrected chi connectivity index (χ3v) is 11.6. The van der Waals surface area contributed by atoms with Gasteiger partial charge in [-0.15, -0.1) is 11.3 Å². The number of aliphatic hydroxyl groups excluding tert-OH is 1. The average Bonchev–Trinajstić information content (AvgIpc) is 3.41. The minimum Gasteiger partial charge on any atom is -0.459 e. The zero-order valence-corrected chi connectivity index (χ0v) is 24.7. The number of hydrogen-bond donors (Lipinski definition) is 3. The summed E-state index contributed by atoms with van der Waals surface area (Å²) in [4.78, 5) is 40.7. The van der Waals surface area contributed by atoms with Crippen LogP contribution in [0.15, 0.2) is 28.7 Å². The lowest BCUT2D eigenvalue weighted by Crippen LogP contribution is -2.77. The first-order valence-electron chi connectivity index (χ1n) is 14.0. The molecule has 5 rings (SSSR count). The van der Waals surface area contributed by atoms with Crippen molar-refractivity contribution in [3.63, 3.8) is 0 Å². The van der Waals surface area contributed by atoms with Crippen LogP contribution in [-0.2, 0) is 28.6 Å². The number of esters is 2. The molecule has 2 bridgehead atoms. The highest BCUT2D eigenvalue weighted by Gasteiger charge is 2.73. The van der Waals surface area contributed by atoms with Gasteiger partial charge < -0.3 is 29.5 Å². The summed E-state index contributed by atoms with van der Waals surface area (Å²) in [5.74, 6) is -3.06. The fraction of sp³-hybridized carbons (Fsp3) is 0.700. The molecule has 0 amide bonds. The number of Topliss-reactive ketones (excluding diaryl/α,β-unsaturated/α-hetero) is 1. The van der Waals surface area contributed by atoms with Gasteiger partial charge in [0.1, 0.15) is 29.2 Å². The van der Waals surface area contributed by atoms with Crippen LogP contribution in [0.2, 0.25) is 0 Å². The second kappa shape index (κ2) is 9.73. The van der Waals surface area contributed by atoms with Crippen LogP contribution < -0.4 is 0 Å². The topological polar surface area (TPSA) is 140 Å². The molecule has 3 fully saturated rings. The van der Waals surface area contributed by atoms with E-state index in [0.29, 0.717) is 24.0 Å². The summed E-state index contributed by atoms with van der Waals surface area (Å²) in [6.07, 6.45) is -3.50. The number of carbonyl (C=O) groups excluding carboxylic acids is 3. The first kappa shape index (κ1) is 29.4. The maximum atomic E-state index is 14.1. The summed E-state index contributed by atoms with van der Waals surface area (Å²) >= 11 is 1.43. The molecule has 1 aliphatic heterocycles. The standard InChI is InChI=1S/C30H40O9S/c1-15-18-12-21(32)28(6)10-9-22-29(35,14-37-22)24(28)25(38-17(3)31)30(36,27(18,4)5)13-19(15)39-26(34)23(33)16(2)20-8-7-11-40-20/h7-8,11,16,19,22-25,33,35-36H,9-10,12-14H2,1-6H3/t16-,19-,22+,23+,24-,25-,28-,29-,30+/m0/s1. The molecule has 40 heavy (non-hydrogen) atoms. The number of fused-ring (bicyclic) bond motifs is 5. The van der Waals surface area contributed by atoms with Crippen LogP contribution in [0.5, 0.6) is 0 Å². The second-order valence-electron chi connectivity index (χ2n) is 12.9. The van der Waals surface area contributed by atoms with Gasteiger partial charge in [-0.2, -0.15) is 0 Å². The van der Waals surface area contributed by atoms with Gasteiger partial charge in [-0.25, -0.2) is 4.79 Å². The Hall–Kier alpha value is -2.11. The van der Waals surface area contributed by atoms with Crippen molar-refractivity contribution in [2.75, 3.05) is 6.61 Å². The van der Waals surface area contributed by atoms with E-state index in [1.807, 2.05) is 17.5 Å². The number of thiophene rings is 1. The molecular weight excluding hydrogens is 536 g/mol. The summed E-state index contributed by atoms with van der Waals surface area (Å²) in [6.45, 7) is 10.1. The molecule has 1 aromatic heterocycles. The van der Waals surface area contributed by atoms with Crippen LogP contribution >= 0.6 is 11.3 Å². The molecule has 220 valence electrons. The first-order valence-corrected chi connectivity index (χ1v) is 14.8. The summed E-state index contributed by atoms with van der Waals surface area (Å²) in [6, 6.07) is 3.67. The highest BCUT2D eigenvalue weighted by molar-refractivity contribution is 7.10. The molecule has 9 atom stereocenters. The lowest BCUT2D eigenvalue weighted by Gasteiger charge is -2.65. The van der Waals surface area contributed by atoms with Crippen molar-refractivity contribution in [2.45, 2.75) is 109 Å². The van der Waals surface area contributed by atoms with Crippen molar-refractivity contribution < 1.29 is 43.9 Å². The average molecular weight is 577 g/mol. The van der Waals surface area contributed by atoms with E-state index in [9.17, 15) is 29.7 Å². The quantitative estimate of drug-likeness (QED) is 0.356. The Balaban J connectivity index is 1.59. The Labute approximate surface area is 238 Å². The van der Waals surface area contributed by atoms with E-state index in [1.54, 1.807) is 34.6 Å². The fourth-order valence-corrected chi connectivity index (χ4v) is 8.56. The molecule has 0 aromatic carbocycles. The van der Waals surface area contributed by atoms with E-state index in [-0.39, 0.29) is 25.2 Å². The van der Waals surface area contributed by atoms with Gasteiger partial charge in [-0.3, -0.25) is 9.59 Å². The number of ether oxygens (including phenoxy) is 3. The molecule has 0 radical (unpaired) electrons. The Morgan fingerprint density at radius 1 is 1.20 bits per heavy atom. The largest absolute Gasteiger partial charge is 0.459 e. The Bertz CT molecular complexity index is 1240. The molecule has 3 aliphatic carbocycles. The van der Waals surface area contributed by atoms with E-state index >= 15 is 0 Å². The highest BCUT2D eigenvalue weighted by Crippen LogP contribution is 2.63. The molecule has 10 heteroatoms. The van der Waals surface area contributed by atoms with Gasteiger partial charge in [-0.05, 0) is 36.8 Å². The number of carbonyl (C=O) groups is 3. The third-order valence-electron chi connectivity index (χ3n) is 10.5. The highest BCUT2D eigenvalue weighted by atomic mass is 32.1. The lowest BCUT2D eigenvalue weighted by molar-refractivity contribution is -0.329. The van der Waals surface area contributed by atoms with Crippen LogP contribution in [0.1, 0.15) is 78.0 Å². The van der Waals surface area contributed by atoms with Crippen molar-refractivity contribution in [2.24, 2.45) is 16.7 Å². The van der Waals surface area contributed by atoms with Crippen molar-refractivity contribution in [1.82, 2.24) is 0 Å². The third kappa shape index (κ3) is 4.13. The minimum absolute atomic E-state index is 0.00919. The first-order chi connectivity index (χ1) is 18.6. The molecule has 4 aliphatic rings. The monoisotopic (exact) mass is 576 g/mol. The number of aliphatic hydroxyl groups is 3. The summed E-state index contributed by atoms with van der Waals surface area (Å²) in [7, 11) is 0. The van der Waals surface area contributed by atoms with Gasteiger partial charge in [0.2, 0.25) is 0 Å². The van der Waals surface area contributed by atoms with E-state index < -0.39 is 70.2 Å². The van der Waals surface area contributed by atoms with Crippen LogP contribution in [0, 0.1) is 16.7 Å².